The van der Waals surface area contributed by atoms with Crippen LogP contribution in [0.5, 0.6) is 0 Å². The quantitative estimate of drug-likeness (QED) is 0.844. The van der Waals surface area contributed by atoms with Crippen LogP contribution in [0.1, 0.15) is 50.2 Å². The predicted octanol–water partition coefficient (Wildman–Crippen LogP) is 1.98. The van der Waals surface area contributed by atoms with Gasteiger partial charge in [0.25, 0.3) is 0 Å². The number of primary amides is 1. The maximum atomic E-state index is 11.7. The minimum Gasteiger partial charge on any atom is -0.369 e. The molecule has 1 fully saturated rings. The zero-order valence-electron chi connectivity index (χ0n) is 13.8. The second kappa shape index (κ2) is 7.25. The summed E-state index contributed by atoms with van der Waals surface area (Å²) in [5, 5.41) is 0. The molecule has 1 saturated heterocycles. The van der Waals surface area contributed by atoms with E-state index in [4.69, 9.17) is 11.5 Å². The monoisotopic (exact) mass is 303 g/mol. The Morgan fingerprint density at radius 3 is 2.59 bits per heavy atom. The van der Waals surface area contributed by atoms with E-state index in [-0.39, 0.29) is 5.91 Å². The summed E-state index contributed by atoms with van der Waals surface area (Å²) in [4.78, 5) is 14.2. The highest BCUT2D eigenvalue weighted by Crippen LogP contribution is 2.31. The first-order valence-electron chi connectivity index (χ1n) is 8.28. The van der Waals surface area contributed by atoms with Crippen molar-refractivity contribution in [2.75, 3.05) is 26.2 Å². The molecule has 0 unspecified atom stereocenters. The molecule has 1 aliphatic heterocycles. The van der Waals surface area contributed by atoms with Crippen molar-refractivity contribution in [2.24, 2.45) is 11.5 Å². The van der Waals surface area contributed by atoms with Crippen molar-refractivity contribution in [3.05, 3.63) is 35.4 Å². The van der Waals surface area contributed by atoms with Crippen molar-refractivity contribution in [1.82, 2.24) is 4.90 Å². The van der Waals surface area contributed by atoms with Crippen LogP contribution in [0.4, 0.5) is 0 Å². The Balaban J connectivity index is 2.04. The van der Waals surface area contributed by atoms with Crippen LogP contribution in [0.2, 0.25) is 0 Å². The highest BCUT2D eigenvalue weighted by Gasteiger charge is 2.28. The maximum absolute atomic E-state index is 11.7. The van der Waals surface area contributed by atoms with E-state index in [1.54, 1.807) is 0 Å². The van der Waals surface area contributed by atoms with Gasteiger partial charge in [-0.1, -0.05) is 24.3 Å². The summed E-state index contributed by atoms with van der Waals surface area (Å²) in [5.41, 5.74) is 12.9. The smallest absolute Gasteiger partial charge is 0.227 e. The molecular weight excluding hydrogens is 274 g/mol. The van der Waals surface area contributed by atoms with E-state index in [9.17, 15) is 4.79 Å². The molecule has 0 atom stereocenters. The maximum Gasteiger partial charge on any atom is 0.227 e. The predicted molar refractivity (Wildman–Crippen MR) is 90.7 cm³/mol. The highest BCUT2D eigenvalue weighted by molar-refractivity contribution is 5.85. The molecule has 1 aromatic carbocycles. The topological polar surface area (TPSA) is 72.4 Å². The lowest BCUT2D eigenvalue weighted by Gasteiger charge is -2.32. The van der Waals surface area contributed by atoms with Crippen LogP contribution < -0.4 is 11.5 Å². The third kappa shape index (κ3) is 3.87. The molecule has 0 aromatic heterocycles. The Hall–Kier alpha value is -1.39. The van der Waals surface area contributed by atoms with Gasteiger partial charge >= 0.3 is 0 Å². The van der Waals surface area contributed by atoms with Gasteiger partial charge in [0.1, 0.15) is 0 Å². The molecule has 1 heterocycles. The molecule has 2 rings (SSSR count). The second-order valence-electron chi connectivity index (χ2n) is 6.87. The van der Waals surface area contributed by atoms with Crippen LogP contribution in [-0.4, -0.2) is 37.0 Å². The Morgan fingerprint density at radius 1 is 1.32 bits per heavy atom. The third-order valence-corrected chi connectivity index (χ3v) is 4.96. The van der Waals surface area contributed by atoms with Crippen LogP contribution in [0.3, 0.4) is 0 Å². The average molecular weight is 303 g/mol. The number of nitrogens with two attached hydrogens (primary N) is 2. The average Bonchev–Trinajstić information content (AvgIpc) is 2.53. The third-order valence-electron chi connectivity index (χ3n) is 4.96. The summed E-state index contributed by atoms with van der Waals surface area (Å²) in [6.45, 7) is 7.93. The zero-order chi connectivity index (χ0) is 16.2. The number of benzene rings is 1. The van der Waals surface area contributed by atoms with Gasteiger partial charge in [0.05, 0.1) is 5.41 Å². The lowest BCUT2D eigenvalue weighted by Crippen LogP contribution is -2.36. The van der Waals surface area contributed by atoms with E-state index in [1.807, 2.05) is 19.9 Å². The van der Waals surface area contributed by atoms with Gasteiger partial charge in [0.15, 0.2) is 0 Å². The zero-order valence-corrected chi connectivity index (χ0v) is 13.8. The first-order valence-corrected chi connectivity index (χ1v) is 8.28. The van der Waals surface area contributed by atoms with Gasteiger partial charge in [-0.2, -0.15) is 0 Å². The van der Waals surface area contributed by atoms with Gasteiger partial charge in [0.2, 0.25) is 5.91 Å². The van der Waals surface area contributed by atoms with Crippen molar-refractivity contribution in [2.45, 2.75) is 44.4 Å². The van der Waals surface area contributed by atoms with Crippen molar-refractivity contribution in [1.29, 1.82) is 0 Å². The molecule has 1 aromatic rings. The highest BCUT2D eigenvalue weighted by atomic mass is 16.1. The van der Waals surface area contributed by atoms with E-state index in [0.717, 1.165) is 38.2 Å². The second-order valence-corrected chi connectivity index (χ2v) is 6.87. The minimum atomic E-state index is -0.613. The molecule has 0 spiro atoms. The molecule has 4 nitrogen and oxygen atoms in total. The molecule has 122 valence electrons. The van der Waals surface area contributed by atoms with Gasteiger partial charge in [0, 0.05) is 0 Å². The fourth-order valence-electron chi connectivity index (χ4n) is 3.13. The van der Waals surface area contributed by atoms with Gasteiger partial charge in [-0.05, 0) is 76.3 Å². The Labute approximate surface area is 133 Å². The molecule has 0 bridgehead atoms. The van der Waals surface area contributed by atoms with Crippen LogP contribution in [-0.2, 0) is 10.2 Å². The molecule has 22 heavy (non-hydrogen) atoms. The van der Waals surface area contributed by atoms with E-state index in [2.05, 4.69) is 23.1 Å². The van der Waals surface area contributed by atoms with Crippen LogP contribution >= 0.6 is 0 Å². The molecule has 0 saturated carbocycles. The number of hydrogen-bond acceptors (Lipinski definition) is 3. The fourth-order valence-corrected chi connectivity index (χ4v) is 3.13. The molecule has 1 aliphatic rings. The van der Waals surface area contributed by atoms with E-state index in [0.29, 0.717) is 5.92 Å². The Bertz CT molecular complexity index is 505. The summed E-state index contributed by atoms with van der Waals surface area (Å²) in [6, 6.07) is 8.41. The first kappa shape index (κ1) is 17.0. The Kier molecular flexibility index (Phi) is 5.59. The first-order chi connectivity index (χ1) is 10.4. The number of piperidine rings is 1. The number of rotatable bonds is 6. The van der Waals surface area contributed by atoms with Crippen LogP contribution in [0.15, 0.2) is 24.3 Å². The number of carbonyl (C=O) groups excluding carboxylic acids is 1. The van der Waals surface area contributed by atoms with Crippen molar-refractivity contribution in [3.8, 4) is 0 Å². The van der Waals surface area contributed by atoms with Gasteiger partial charge in [-0.15, -0.1) is 0 Å². The molecule has 4 N–H and O–H groups in total. The number of amides is 1. The standard InChI is InChI=1S/C18H29N3O/c1-18(2,17(20)22)16-6-3-5-15(13-16)14-7-11-21(12-8-14)10-4-9-19/h3,5-6,13-14H,4,7-12,19H2,1-2H3,(H2,20,22). The van der Waals surface area contributed by atoms with Gasteiger partial charge < -0.3 is 16.4 Å². The largest absolute Gasteiger partial charge is 0.369 e. The molecule has 0 radical (unpaired) electrons. The molecule has 4 heteroatoms. The summed E-state index contributed by atoms with van der Waals surface area (Å²) in [6.07, 6.45) is 3.42. The van der Waals surface area contributed by atoms with E-state index >= 15 is 0 Å². The lowest BCUT2D eigenvalue weighted by atomic mass is 9.80. The SMILES string of the molecule is CC(C)(C(N)=O)c1cccc(C2CCN(CCCN)CC2)c1. The van der Waals surface area contributed by atoms with Gasteiger partial charge in [-0.3, -0.25) is 4.79 Å². The summed E-state index contributed by atoms with van der Waals surface area (Å²) >= 11 is 0. The van der Waals surface area contributed by atoms with Crippen LogP contribution in [0, 0.1) is 0 Å². The summed E-state index contributed by atoms with van der Waals surface area (Å²) in [7, 11) is 0. The number of nitrogens with zero attached hydrogens (tertiary/aromatic N) is 1. The van der Waals surface area contributed by atoms with Crippen LogP contribution in [0.25, 0.3) is 0 Å². The minimum absolute atomic E-state index is 0.277. The lowest BCUT2D eigenvalue weighted by molar-refractivity contribution is -0.122. The fraction of sp³-hybridized carbons (Fsp3) is 0.611. The molecular formula is C18H29N3O. The number of hydrogen-bond donors (Lipinski definition) is 2. The summed E-state index contributed by atoms with van der Waals surface area (Å²) < 4.78 is 0. The molecule has 1 amide bonds. The molecule has 0 aliphatic carbocycles. The van der Waals surface area contributed by atoms with Crippen molar-refractivity contribution >= 4 is 5.91 Å². The van der Waals surface area contributed by atoms with Gasteiger partial charge in [-0.25, -0.2) is 0 Å². The normalized spacial score (nSPS) is 17.6. The number of likely N-dealkylation sites (tertiary alicyclic amines) is 1. The Morgan fingerprint density at radius 2 is 2.00 bits per heavy atom. The van der Waals surface area contributed by atoms with E-state index < -0.39 is 5.41 Å². The number of carbonyl (C=O) groups is 1. The summed E-state index contributed by atoms with van der Waals surface area (Å²) in [5.74, 6) is 0.305. The van der Waals surface area contributed by atoms with Crippen molar-refractivity contribution < 1.29 is 4.79 Å². The van der Waals surface area contributed by atoms with E-state index in [1.165, 1.54) is 18.4 Å². The van der Waals surface area contributed by atoms with Crippen molar-refractivity contribution in [3.63, 3.8) is 0 Å².